The lowest BCUT2D eigenvalue weighted by Crippen LogP contribution is -2.31. The van der Waals surface area contributed by atoms with E-state index in [9.17, 15) is 0 Å². The first-order chi connectivity index (χ1) is 8.71. The summed E-state index contributed by atoms with van der Waals surface area (Å²) in [6.45, 7) is 3.17. The summed E-state index contributed by atoms with van der Waals surface area (Å²) >= 11 is 5.52. The molecular formula is C14H22BrNOS. The molecule has 1 N–H and O–H groups in total. The van der Waals surface area contributed by atoms with Crippen molar-refractivity contribution in [3.05, 3.63) is 28.2 Å². The van der Waals surface area contributed by atoms with Crippen LogP contribution in [-0.4, -0.2) is 31.7 Å². The van der Waals surface area contributed by atoms with Crippen LogP contribution in [0.2, 0.25) is 0 Å². The lowest BCUT2D eigenvalue weighted by Gasteiger charge is -2.18. The van der Waals surface area contributed by atoms with Gasteiger partial charge in [-0.25, -0.2) is 0 Å². The Morgan fingerprint density at radius 1 is 1.44 bits per heavy atom. The van der Waals surface area contributed by atoms with Crippen molar-refractivity contribution in [3.63, 3.8) is 0 Å². The minimum atomic E-state index is 0.533. The quantitative estimate of drug-likeness (QED) is 0.784. The van der Waals surface area contributed by atoms with Gasteiger partial charge in [0, 0.05) is 10.5 Å². The summed E-state index contributed by atoms with van der Waals surface area (Å²) in [5.41, 5.74) is 1.31. The van der Waals surface area contributed by atoms with E-state index in [1.165, 1.54) is 17.7 Å². The van der Waals surface area contributed by atoms with Crippen LogP contribution < -0.4 is 10.1 Å². The standard InChI is InChI=1S/C14H22BrNOS/c1-4-16-12(7-8-18-3)9-11-10-13(17-2)5-6-14(11)15/h5-6,10,12,16H,4,7-9H2,1-3H3. The third-order valence-electron chi connectivity index (χ3n) is 2.88. The molecule has 0 aliphatic heterocycles. The Kier molecular flexibility index (Phi) is 7.79. The smallest absolute Gasteiger partial charge is 0.119 e. The molecule has 1 unspecified atom stereocenters. The largest absolute Gasteiger partial charge is 0.497 e. The van der Waals surface area contributed by atoms with E-state index in [0.29, 0.717) is 6.04 Å². The summed E-state index contributed by atoms with van der Waals surface area (Å²) in [6.07, 6.45) is 4.38. The second-order valence-corrected chi connectivity index (χ2v) is 6.04. The van der Waals surface area contributed by atoms with Crippen LogP contribution in [0.5, 0.6) is 5.75 Å². The van der Waals surface area contributed by atoms with Gasteiger partial charge >= 0.3 is 0 Å². The first-order valence-corrected chi connectivity index (χ1v) is 8.44. The Hall–Kier alpha value is -0.190. The minimum Gasteiger partial charge on any atom is -0.497 e. The molecule has 0 aromatic heterocycles. The minimum absolute atomic E-state index is 0.533. The molecule has 0 saturated carbocycles. The number of ether oxygens (including phenoxy) is 1. The fourth-order valence-corrected chi connectivity index (χ4v) is 2.85. The van der Waals surface area contributed by atoms with Crippen molar-refractivity contribution in [1.29, 1.82) is 0 Å². The molecule has 0 bridgehead atoms. The fourth-order valence-electron chi connectivity index (χ4n) is 1.93. The third-order valence-corrected chi connectivity index (χ3v) is 4.30. The maximum atomic E-state index is 5.29. The summed E-state index contributed by atoms with van der Waals surface area (Å²) in [5.74, 6) is 2.12. The number of nitrogens with one attached hydrogen (secondary N) is 1. The van der Waals surface area contributed by atoms with E-state index in [4.69, 9.17) is 4.74 Å². The van der Waals surface area contributed by atoms with E-state index < -0.39 is 0 Å². The van der Waals surface area contributed by atoms with Crippen LogP contribution in [0.25, 0.3) is 0 Å². The molecule has 0 aliphatic carbocycles. The normalized spacial score (nSPS) is 12.4. The van der Waals surface area contributed by atoms with E-state index in [-0.39, 0.29) is 0 Å². The number of halogens is 1. The van der Waals surface area contributed by atoms with Crippen LogP contribution in [0.15, 0.2) is 22.7 Å². The molecule has 1 rings (SSSR count). The molecule has 18 heavy (non-hydrogen) atoms. The van der Waals surface area contributed by atoms with Gasteiger partial charge in [-0.1, -0.05) is 22.9 Å². The molecular weight excluding hydrogens is 310 g/mol. The molecule has 0 saturated heterocycles. The van der Waals surface area contributed by atoms with Crippen molar-refractivity contribution in [2.45, 2.75) is 25.8 Å². The van der Waals surface area contributed by atoms with Gasteiger partial charge in [0.2, 0.25) is 0 Å². The van der Waals surface area contributed by atoms with Crippen molar-refractivity contribution < 1.29 is 4.74 Å². The summed E-state index contributed by atoms with van der Waals surface area (Å²) in [4.78, 5) is 0. The number of thioether (sulfide) groups is 1. The van der Waals surface area contributed by atoms with Gasteiger partial charge in [0.05, 0.1) is 7.11 Å². The Morgan fingerprint density at radius 3 is 2.83 bits per heavy atom. The number of rotatable bonds is 8. The number of hydrogen-bond donors (Lipinski definition) is 1. The number of methoxy groups -OCH3 is 1. The van der Waals surface area contributed by atoms with Crippen molar-refractivity contribution >= 4 is 27.7 Å². The molecule has 0 aliphatic rings. The van der Waals surface area contributed by atoms with Crippen LogP contribution >= 0.6 is 27.7 Å². The highest BCUT2D eigenvalue weighted by Crippen LogP contribution is 2.24. The molecule has 0 spiro atoms. The molecule has 1 atom stereocenters. The first-order valence-electron chi connectivity index (χ1n) is 6.26. The van der Waals surface area contributed by atoms with E-state index in [2.05, 4.69) is 46.6 Å². The Morgan fingerprint density at radius 2 is 2.22 bits per heavy atom. The van der Waals surface area contributed by atoms with Gasteiger partial charge in [-0.3, -0.25) is 0 Å². The van der Waals surface area contributed by atoms with Crippen LogP contribution in [0.4, 0.5) is 0 Å². The zero-order chi connectivity index (χ0) is 13.4. The molecule has 4 heteroatoms. The molecule has 0 amide bonds. The lowest BCUT2D eigenvalue weighted by molar-refractivity contribution is 0.413. The Labute approximate surface area is 123 Å². The van der Waals surface area contributed by atoms with Crippen molar-refractivity contribution in [1.82, 2.24) is 5.32 Å². The van der Waals surface area contributed by atoms with E-state index >= 15 is 0 Å². The Bertz CT molecular complexity index is 360. The predicted octanol–water partition coefficient (Wildman–Crippen LogP) is 3.73. The fraction of sp³-hybridized carbons (Fsp3) is 0.571. The van der Waals surface area contributed by atoms with Gasteiger partial charge < -0.3 is 10.1 Å². The molecule has 102 valence electrons. The van der Waals surface area contributed by atoms with Crippen molar-refractivity contribution in [2.75, 3.05) is 25.7 Å². The SMILES string of the molecule is CCNC(CCSC)Cc1cc(OC)ccc1Br. The van der Waals surface area contributed by atoms with Gasteiger partial charge in [-0.2, -0.15) is 11.8 Å². The molecule has 0 fully saturated rings. The molecule has 1 aromatic rings. The number of benzene rings is 1. The lowest BCUT2D eigenvalue weighted by atomic mass is 10.0. The van der Waals surface area contributed by atoms with Gasteiger partial charge in [0.25, 0.3) is 0 Å². The zero-order valence-electron chi connectivity index (χ0n) is 11.3. The Balaban J connectivity index is 2.72. The van der Waals surface area contributed by atoms with Crippen LogP contribution in [0, 0.1) is 0 Å². The predicted molar refractivity (Wildman–Crippen MR) is 84.9 cm³/mol. The van der Waals surface area contributed by atoms with Crippen molar-refractivity contribution in [2.24, 2.45) is 0 Å². The highest BCUT2D eigenvalue weighted by Gasteiger charge is 2.11. The van der Waals surface area contributed by atoms with E-state index in [0.717, 1.165) is 23.2 Å². The summed E-state index contributed by atoms with van der Waals surface area (Å²) < 4.78 is 6.45. The molecule has 2 nitrogen and oxygen atoms in total. The molecule has 0 heterocycles. The van der Waals surface area contributed by atoms with Gasteiger partial charge in [-0.15, -0.1) is 0 Å². The van der Waals surface area contributed by atoms with Crippen LogP contribution in [-0.2, 0) is 6.42 Å². The van der Waals surface area contributed by atoms with E-state index in [1.807, 2.05) is 17.8 Å². The monoisotopic (exact) mass is 331 g/mol. The summed E-state index contributed by atoms with van der Waals surface area (Å²) in [6, 6.07) is 6.70. The maximum absolute atomic E-state index is 5.29. The summed E-state index contributed by atoms with van der Waals surface area (Å²) in [5, 5.41) is 3.56. The highest BCUT2D eigenvalue weighted by molar-refractivity contribution is 9.10. The van der Waals surface area contributed by atoms with Crippen LogP contribution in [0.3, 0.4) is 0 Å². The topological polar surface area (TPSA) is 21.3 Å². The second-order valence-electron chi connectivity index (χ2n) is 4.20. The highest BCUT2D eigenvalue weighted by atomic mass is 79.9. The average molecular weight is 332 g/mol. The zero-order valence-corrected chi connectivity index (χ0v) is 13.7. The molecule has 1 aromatic carbocycles. The van der Waals surface area contributed by atoms with Gasteiger partial charge in [0.15, 0.2) is 0 Å². The number of likely N-dealkylation sites (N-methyl/N-ethyl adjacent to an activating group) is 1. The molecule has 0 radical (unpaired) electrons. The third kappa shape index (κ3) is 5.21. The number of hydrogen-bond acceptors (Lipinski definition) is 3. The second kappa shape index (κ2) is 8.83. The van der Waals surface area contributed by atoms with Gasteiger partial charge in [-0.05, 0) is 55.2 Å². The first kappa shape index (κ1) is 15.9. The van der Waals surface area contributed by atoms with Gasteiger partial charge in [0.1, 0.15) is 5.75 Å². The van der Waals surface area contributed by atoms with Crippen molar-refractivity contribution in [3.8, 4) is 5.75 Å². The maximum Gasteiger partial charge on any atom is 0.119 e. The average Bonchev–Trinajstić information content (AvgIpc) is 2.38. The van der Waals surface area contributed by atoms with Crippen LogP contribution in [0.1, 0.15) is 18.9 Å². The summed E-state index contributed by atoms with van der Waals surface area (Å²) in [7, 11) is 1.71. The van der Waals surface area contributed by atoms with E-state index in [1.54, 1.807) is 7.11 Å².